The van der Waals surface area contributed by atoms with Gasteiger partial charge in [0.15, 0.2) is 6.04 Å². The number of benzene rings is 3. The lowest BCUT2D eigenvalue weighted by Crippen LogP contribution is -2.59. The van der Waals surface area contributed by atoms with Crippen molar-refractivity contribution in [1.82, 2.24) is 4.90 Å². The Morgan fingerprint density at radius 3 is 1.94 bits per heavy atom. The van der Waals surface area contributed by atoms with Crippen molar-refractivity contribution in [2.24, 2.45) is 0 Å². The van der Waals surface area contributed by atoms with Crippen LogP contribution in [0, 0.1) is 0 Å². The standard InChI is InChI=1S/C28H30N2O2S2/c1-5-29-25(20-12-16-23(33-3)17-13-20)28(27(31)32,22-14-18-24(34-4)19-15-22)30(6-2)26(29)21-10-8-7-9-11-21/h7-19,25H,5-6H2,1-4H3. The van der Waals surface area contributed by atoms with Crippen LogP contribution in [-0.2, 0) is 10.3 Å². The van der Waals surface area contributed by atoms with Crippen molar-refractivity contribution in [1.29, 1.82) is 0 Å². The predicted octanol–water partition coefficient (Wildman–Crippen LogP) is 4.63. The zero-order valence-corrected chi connectivity index (χ0v) is 21.7. The molecule has 2 unspecified atom stereocenters. The van der Waals surface area contributed by atoms with Gasteiger partial charge in [0.2, 0.25) is 5.54 Å². The Labute approximate surface area is 210 Å². The summed E-state index contributed by atoms with van der Waals surface area (Å²) in [6.07, 6.45) is 4.06. The minimum absolute atomic E-state index is 0.450. The third kappa shape index (κ3) is 3.93. The highest BCUT2D eigenvalue weighted by Gasteiger charge is 2.62. The average Bonchev–Trinajstić information content (AvgIpc) is 3.20. The van der Waals surface area contributed by atoms with Gasteiger partial charge in [-0.1, -0.05) is 42.5 Å². The molecule has 1 aliphatic rings. The first-order chi connectivity index (χ1) is 16.5. The van der Waals surface area contributed by atoms with Crippen molar-refractivity contribution >= 4 is 35.3 Å². The van der Waals surface area contributed by atoms with Crippen LogP contribution < -0.4 is 5.11 Å². The molecule has 3 aromatic carbocycles. The number of carbonyl (C=O) groups excluding carboxylic acids is 1. The molecule has 0 fully saturated rings. The Balaban J connectivity index is 2.06. The van der Waals surface area contributed by atoms with E-state index >= 15 is 0 Å². The first-order valence-electron chi connectivity index (χ1n) is 11.5. The first-order valence-corrected chi connectivity index (χ1v) is 13.9. The summed E-state index contributed by atoms with van der Waals surface area (Å²) < 4.78 is 2.23. The Morgan fingerprint density at radius 2 is 1.47 bits per heavy atom. The minimum Gasteiger partial charge on any atom is -0.545 e. The van der Waals surface area contributed by atoms with Crippen molar-refractivity contribution in [3.05, 3.63) is 95.6 Å². The second kappa shape index (κ2) is 10.3. The summed E-state index contributed by atoms with van der Waals surface area (Å²) in [6.45, 7) is 5.29. The van der Waals surface area contributed by atoms with E-state index in [1.807, 2.05) is 66.8 Å². The van der Waals surface area contributed by atoms with E-state index in [0.29, 0.717) is 13.1 Å². The number of nitrogens with zero attached hydrogens (tertiary/aromatic N) is 2. The van der Waals surface area contributed by atoms with Gasteiger partial charge >= 0.3 is 0 Å². The van der Waals surface area contributed by atoms with E-state index in [1.54, 1.807) is 23.5 Å². The number of carboxylic acid groups (broad SMARTS) is 1. The summed E-state index contributed by atoms with van der Waals surface area (Å²) in [5, 5.41) is 13.4. The molecule has 0 N–H and O–H groups in total. The SMILES string of the molecule is CCN1C(c2ccccc2)=[N+](CC)C(c2ccc(SC)cc2)C1(C(=O)[O-])c1ccc(SC)cc1. The van der Waals surface area contributed by atoms with Crippen LogP contribution in [0.25, 0.3) is 0 Å². The van der Waals surface area contributed by atoms with Crippen molar-refractivity contribution in [3.8, 4) is 0 Å². The van der Waals surface area contributed by atoms with E-state index in [4.69, 9.17) is 0 Å². The van der Waals surface area contributed by atoms with Crippen molar-refractivity contribution in [2.45, 2.75) is 35.2 Å². The van der Waals surface area contributed by atoms with Gasteiger partial charge in [0, 0.05) is 20.9 Å². The molecule has 3 aromatic rings. The van der Waals surface area contributed by atoms with Gasteiger partial charge < -0.3 is 9.90 Å². The number of carboxylic acids is 1. The molecule has 0 amide bonds. The van der Waals surface area contributed by atoms with Crippen LogP contribution in [0.15, 0.2) is 88.7 Å². The Hall–Kier alpha value is -2.70. The maximum Gasteiger partial charge on any atom is 0.281 e. The summed E-state index contributed by atoms with van der Waals surface area (Å²) in [4.78, 5) is 17.7. The fraction of sp³-hybridized carbons (Fsp3) is 0.286. The second-order valence-corrected chi connectivity index (χ2v) is 9.94. The van der Waals surface area contributed by atoms with Crippen LogP contribution in [0.1, 0.15) is 36.6 Å². The minimum atomic E-state index is -1.38. The molecule has 0 bridgehead atoms. The van der Waals surface area contributed by atoms with Gasteiger partial charge in [-0.3, -0.25) is 0 Å². The molecule has 4 nitrogen and oxygen atoms in total. The monoisotopic (exact) mass is 490 g/mol. The zero-order valence-electron chi connectivity index (χ0n) is 20.0. The Bertz CT molecular complexity index is 1180. The summed E-state index contributed by atoms with van der Waals surface area (Å²) in [6, 6.07) is 25.8. The molecule has 6 heteroatoms. The Morgan fingerprint density at radius 1 is 0.912 bits per heavy atom. The van der Waals surface area contributed by atoms with E-state index < -0.39 is 17.6 Å². The number of amidine groups is 1. The molecule has 0 saturated heterocycles. The van der Waals surface area contributed by atoms with Crippen LogP contribution in [0.4, 0.5) is 0 Å². The molecule has 2 atom stereocenters. The molecular weight excluding hydrogens is 460 g/mol. The summed E-state index contributed by atoms with van der Waals surface area (Å²) >= 11 is 3.32. The van der Waals surface area contributed by atoms with Gasteiger partial charge in [-0.2, -0.15) is 0 Å². The molecule has 0 aromatic heterocycles. The maximum atomic E-state index is 13.4. The zero-order chi connectivity index (χ0) is 24.3. The highest BCUT2D eigenvalue weighted by atomic mass is 32.2. The van der Waals surface area contributed by atoms with Gasteiger partial charge in [-0.25, -0.2) is 9.48 Å². The molecule has 34 heavy (non-hydrogen) atoms. The van der Waals surface area contributed by atoms with Gasteiger partial charge in [-0.05, 0) is 62.8 Å². The van der Waals surface area contributed by atoms with Crippen molar-refractivity contribution in [3.63, 3.8) is 0 Å². The van der Waals surface area contributed by atoms with E-state index in [1.165, 1.54) is 0 Å². The topological polar surface area (TPSA) is 46.4 Å². The number of thioether (sulfide) groups is 2. The van der Waals surface area contributed by atoms with Gasteiger partial charge in [-0.15, -0.1) is 23.5 Å². The molecule has 1 aliphatic heterocycles. The average molecular weight is 491 g/mol. The fourth-order valence-electron chi connectivity index (χ4n) is 5.16. The fourth-order valence-corrected chi connectivity index (χ4v) is 5.98. The maximum absolute atomic E-state index is 13.4. The normalized spacial score (nSPS) is 20.1. The molecular formula is C28H30N2O2S2. The van der Waals surface area contributed by atoms with Gasteiger partial charge in [0.25, 0.3) is 5.84 Å². The van der Waals surface area contributed by atoms with Crippen LogP contribution in [-0.4, -0.2) is 46.9 Å². The molecule has 4 rings (SSSR count). The summed E-state index contributed by atoms with van der Waals surface area (Å²) in [5.41, 5.74) is 1.31. The third-order valence-corrected chi connectivity index (χ3v) is 8.11. The van der Waals surface area contributed by atoms with Gasteiger partial charge in [0.05, 0.1) is 24.6 Å². The summed E-state index contributed by atoms with van der Waals surface area (Å²) in [5.74, 6) is -0.169. The molecule has 0 saturated carbocycles. The van der Waals surface area contributed by atoms with E-state index in [9.17, 15) is 9.90 Å². The quantitative estimate of drug-likeness (QED) is 0.340. The smallest absolute Gasteiger partial charge is 0.281 e. The number of hydrogen-bond donors (Lipinski definition) is 0. The number of rotatable bonds is 8. The van der Waals surface area contributed by atoms with Crippen LogP contribution >= 0.6 is 23.5 Å². The van der Waals surface area contributed by atoms with E-state index in [-0.39, 0.29) is 0 Å². The highest BCUT2D eigenvalue weighted by molar-refractivity contribution is 7.98. The van der Waals surface area contributed by atoms with Crippen LogP contribution in [0.5, 0.6) is 0 Å². The van der Waals surface area contributed by atoms with Crippen LogP contribution in [0.2, 0.25) is 0 Å². The number of carbonyl (C=O) groups is 1. The molecule has 0 spiro atoms. The molecule has 176 valence electrons. The largest absolute Gasteiger partial charge is 0.545 e. The number of likely N-dealkylation sites (N-methyl/N-ethyl adjacent to an activating group) is 2. The predicted molar refractivity (Wildman–Crippen MR) is 140 cm³/mol. The Kier molecular flexibility index (Phi) is 7.39. The molecule has 0 aliphatic carbocycles. The lowest BCUT2D eigenvalue weighted by Gasteiger charge is -2.39. The first kappa shape index (κ1) is 24.4. The van der Waals surface area contributed by atoms with Gasteiger partial charge in [0.1, 0.15) is 0 Å². The highest BCUT2D eigenvalue weighted by Crippen LogP contribution is 2.48. The number of hydrogen-bond acceptors (Lipinski definition) is 5. The van der Waals surface area contributed by atoms with E-state index in [0.717, 1.165) is 32.3 Å². The molecule has 0 radical (unpaired) electrons. The second-order valence-electron chi connectivity index (χ2n) is 8.18. The summed E-state index contributed by atoms with van der Waals surface area (Å²) in [7, 11) is 0. The number of aliphatic carboxylic acids is 1. The van der Waals surface area contributed by atoms with Crippen molar-refractivity contribution < 1.29 is 14.5 Å². The molecule has 1 heterocycles. The van der Waals surface area contributed by atoms with Crippen molar-refractivity contribution in [2.75, 3.05) is 25.6 Å². The lowest BCUT2D eigenvalue weighted by atomic mass is 9.78. The van der Waals surface area contributed by atoms with Crippen LogP contribution in [0.3, 0.4) is 0 Å². The third-order valence-electron chi connectivity index (χ3n) is 6.62. The van der Waals surface area contributed by atoms with E-state index in [2.05, 4.69) is 47.9 Å². The lowest BCUT2D eigenvalue weighted by molar-refractivity contribution is -0.569.